The number of rotatable bonds is 8. The Morgan fingerprint density at radius 1 is 1.24 bits per heavy atom. The highest BCUT2D eigenvalue weighted by Crippen LogP contribution is 2.21. The van der Waals surface area contributed by atoms with Gasteiger partial charge in [0.15, 0.2) is 6.10 Å². The molecule has 1 aliphatic rings. The highest BCUT2D eigenvalue weighted by Gasteiger charge is 2.22. The Labute approximate surface area is 175 Å². The van der Waals surface area contributed by atoms with E-state index in [9.17, 15) is 9.59 Å². The van der Waals surface area contributed by atoms with Gasteiger partial charge in [0.05, 0.1) is 17.4 Å². The van der Waals surface area contributed by atoms with Crippen LogP contribution in [-0.2, 0) is 9.53 Å². The Balaban J connectivity index is 1.65. The van der Waals surface area contributed by atoms with Gasteiger partial charge in [0.2, 0.25) is 0 Å². The lowest BCUT2D eigenvalue weighted by Crippen LogP contribution is -2.35. The molecule has 0 spiro atoms. The number of carbonyl (C=O) groups is 2. The number of para-hydroxylation sites is 1. The van der Waals surface area contributed by atoms with Crippen LogP contribution in [0.4, 0.5) is 5.69 Å². The SMILES string of the molecule is CCC(Oc1cccc(Cl)c1)C(=O)Nc1ccccc1C(=O)NCC1CCCO1. The number of ether oxygens (including phenoxy) is 2. The fourth-order valence-electron chi connectivity index (χ4n) is 3.14. The second-order valence-corrected chi connectivity index (χ2v) is 7.29. The lowest BCUT2D eigenvalue weighted by atomic mass is 10.1. The van der Waals surface area contributed by atoms with Gasteiger partial charge in [-0.3, -0.25) is 9.59 Å². The summed E-state index contributed by atoms with van der Waals surface area (Å²) in [5.41, 5.74) is 0.840. The summed E-state index contributed by atoms with van der Waals surface area (Å²) < 4.78 is 11.3. The number of hydrogen-bond acceptors (Lipinski definition) is 4. The third-order valence-corrected chi connectivity index (χ3v) is 4.92. The van der Waals surface area contributed by atoms with E-state index in [-0.39, 0.29) is 17.9 Å². The fourth-order valence-corrected chi connectivity index (χ4v) is 3.32. The van der Waals surface area contributed by atoms with Crippen LogP contribution in [0.5, 0.6) is 5.75 Å². The first kappa shape index (κ1) is 21.1. The molecule has 0 aromatic heterocycles. The smallest absolute Gasteiger partial charge is 0.265 e. The minimum absolute atomic E-state index is 0.0521. The van der Waals surface area contributed by atoms with E-state index in [0.717, 1.165) is 19.4 Å². The van der Waals surface area contributed by atoms with Crippen molar-refractivity contribution in [3.8, 4) is 5.75 Å². The molecule has 3 rings (SSSR count). The molecule has 0 aliphatic carbocycles. The van der Waals surface area contributed by atoms with E-state index in [1.807, 2.05) is 6.92 Å². The Bertz CT molecular complexity index is 852. The molecule has 0 radical (unpaired) electrons. The summed E-state index contributed by atoms with van der Waals surface area (Å²) in [4.78, 5) is 25.4. The van der Waals surface area contributed by atoms with Crippen LogP contribution in [-0.4, -0.2) is 37.2 Å². The molecule has 7 heteroatoms. The molecular weight excluding hydrogens is 392 g/mol. The molecule has 2 N–H and O–H groups in total. The summed E-state index contributed by atoms with van der Waals surface area (Å²) in [5.74, 6) is -0.0610. The number of carbonyl (C=O) groups excluding carboxylic acids is 2. The van der Waals surface area contributed by atoms with E-state index >= 15 is 0 Å². The minimum atomic E-state index is -0.712. The standard InChI is InChI=1S/C22H25ClN2O4/c1-2-20(29-16-8-5-7-15(23)13-16)22(27)25-19-11-4-3-10-18(19)21(26)24-14-17-9-6-12-28-17/h3-5,7-8,10-11,13,17,20H,2,6,9,12,14H2,1H3,(H,24,26)(H,25,27). The van der Waals surface area contributed by atoms with E-state index < -0.39 is 6.10 Å². The van der Waals surface area contributed by atoms with E-state index in [1.54, 1.807) is 48.5 Å². The highest BCUT2D eigenvalue weighted by atomic mass is 35.5. The molecule has 0 saturated carbocycles. The van der Waals surface area contributed by atoms with Crippen LogP contribution in [0.15, 0.2) is 48.5 Å². The van der Waals surface area contributed by atoms with Gasteiger partial charge in [-0.1, -0.05) is 36.7 Å². The summed E-state index contributed by atoms with van der Waals surface area (Å²) in [6.45, 7) is 3.05. The van der Waals surface area contributed by atoms with Gasteiger partial charge in [-0.15, -0.1) is 0 Å². The lowest BCUT2D eigenvalue weighted by Gasteiger charge is -2.19. The Hall–Kier alpha value is -2.57. The van der Waals surface area contributed by atoms with Crippen LogP contribution >= 0.6 is 11.6 Å². The molecule has 1 aliphatic heterocycles. The van der Waals surface area contributed by atoms with Crippen molar-refractivity contribution in [2.24, 2.45) is 0 Å². The van der Waals surface area contributed by atoms with E-state index in [4.69, 9.17) is 21.1 Å². The van der Waals surface area contributed by atoms with Crippen molar-refractivity contribution < 1.29 is 19.1 Å². The maximum Gasteiger partial charge on any atom is 0.265 e. The quantitative estimate of drug-likeness (QED) is 0.680. The second kappa shape index (κ2) is 10.3. The molecular formula is C22H25ClN2O4. The van der Waals surface area contributed by atoms with E-state index in [2.05, 4.69) is 10.6 Å². The molecule has 0 bridgehead atoms. The molecule has 1 fully saturated rings. The van der Waals surface area contributed by atoms with Crippen LogP contribution in [0.2, 0.25) is 5.02 Å². The number of anilines is 1. The second-order valence-electron chi connectivity index (χ2n) is 6.85. The summed E-state index contributed by atoms with van der Waals surface area (Å²) in [6.07, 6.45) is 1.76. The van der Waals surface area contributed by atoms with Gasteiger partial charge < -0.3 is 20.1 Å². The van der Waals surface area contributed by atoms with Gasteiger partial charge in [0.25, 0.3) is 11.8 Å². The summed E-state index contributed by atoms with van der Waals surface area (Å²) in [7, 11) is 0. The average molecular weight is 417 g/mol. The van der Waals surface area contributed by atoms with E-state index in [1.165, 1.54) is 0 Å². The number of amides is 2. The van der Waals surface area contributed by atoms with Crippen molar-refractivity contribution in [2.75, 3.05) is 18.5 Å². The summed E-state index contributed by atoms with van der Waals surface area (Å²) >= 11 is 5.98. The maximum atomic E-state index is 12.8. The molecule has 2 unspecified atom stereocenters. The fraction of sp³-hybridized carbons (Fsp3) is 0.364. The van der Waals surface area contributed by atoms with Crippen molar-refractivity contribution in [3.63, 3.8) is 0 Å². The molecule has 6 nitrogen and oxygen atoms in total. The van der Waals surface area contributed by atoms with Crippen molar-refractivity contribution in [3.05, 3.63) is 59.1 Å². The van der Waals surface area contributed by atoms with Gasteiger partial charge in [-0.25, -0.2) is 0 Å². The maximum absolute atomic E-state index is 12.8. The topological polar surface area (TPSA) is 76.7 Å². The molecule has 154 valence electrons. The molecule has 2 aromatic carbocycles. The lowest BCUT2D eigenvalue weighted by molar-refractivity contribution is -0.122. The Morgan fingerprint density at radius 3 is 2.79 bits per heavy atom. The third-order valence-electron chi connectivity index (χ3n) is 4.68. The van der Waals surface area contributed by atoms with Crippen molar-refractivity contribution in [2.45, 2.75) is 38.4 Å². The molecule has 2 aromatic rings. The zero-order chi connectivity index (χ0) is 20.6. The van der Waals surface area contributed by atoms with Crippen molar-refractivity contribution >= 4 is 29.1 Å². The molecule has 1 heterocycles. The predicted molar refractivity (Wildman–Crippen MR) is 113 cm³/mol. The number of benzene rings is 2. The van der Waals surface area contributed by atoms with Gasteiger partial charge in [0, 0.05) is 18.2 Å². The zero-order valence-electron chi connectivity index (χ0n) is 16.3. The number of hydrogen-bond donors (Lipinski definition) is 2. The first-order valence-electron chi connectivity index (χ1n) is 9.78. The first-order valence-corrected chi connectivity index (χ1v) is 10.2. The monoisotopic (exact) mass is 416 g/mol. The highest BCUT2D eigenvalue weighted by molar-refractivity contribution is 6.30. The van der Waals surface area contributed by atoms with Crippen LogP contribution in [0.3, 0.4) is 0 Å². The van der Waals surface area contributed by atoms with Gasteiger partial charge >= 0.3 is 0 Å². The zero-order valence-corrected chi connectivity index (χ0v) is 17.1. The average Bonchev–Trinajstić information content (AvgIpc) is 3.24. The van der Waals surface area contributed by atoms with Crippen molar-refractivity contribution in [1.29, 1.82) is 0 Å². The third kappa shape index (κ3) is 5.95. The molecule has 2 amide bonds. The number of nitrogens with one attached hydrogen (secondary N) is 2. The van der Waals surface area contributed by atoms with Gasteiger partial charge in [-0.2, -0.15) is 0 Å². The van der Waals surface area contributed by atoms with Crippen LogP contribution in [0.1, 0.15) is 36.5 Å². The number of halogens is 1. The van der Waals surface area contributed by atoms with E-state index in [0.29, 0.717) is 35.0 Å². The Morgan fingerprint density at radius 2 is 2.07 bits per heavy atom. The first-order chi connectivity index (χ1) is 14.1. The largest absolute Gasteiger partial charge is 0.481 e. The summed E-state index contributed by atoms with van der Waals surface area (Å²) in [6, 6.07) is 13.8. The molecule has 2 atom stereocenters. The van der Waals surface area contributed by atoms with Gasteiger partial charge in [0.1, 0.15) is 5.75 Å². The molecule has 1 saturated heterocycles. The normalized spacial score (nSPS) is 16.8. The van der Waals surface area contributed by atoms with Gasteiger partial charge in [-0.05, 0) is 49.6 Å². The van der Waals surface area contributed by atoms with Crippen LogP contribution < -0.4 is 15.4 Å². The van der Waals surface area contributed by atoms with Crippen molar-refractivity contribution in [1.82, 2.24) is 5.32 Å². The minimum Gasteiger partial charge on any atom is -0.481 e. The van der Waals surface area contributed by atoms with Crippen LogP contribution in [0, 0.1) is 0 Å². The predicted octanol–water partition coefficient (Wildman–Crippen LogP) is 4.04. The van der Waals surface area contributed by atoms with Crippen LogP contribution in [0.25, 0.3) is 0 Å². The molecule has 29 heavy (non-hydrogen) atoms. The summed E-state index contributed by atoms with van der Waals surface area (Å²) in [5, 5.41) is 6.23. The Kier molecular flexibility index (Phi) is 7.49.